The molecule has 3 heterocycles. The number of pyridine rings is 3. The predicted octanol–water partition coefficient (Wildman–Crippen LogP) is 13.5. The molecule has 0 spiro atoms. The van der Waals surface area contributed by atoms with E-state index >= 15 is 0 Å². The van der Waals surface area contributed by atoms with Gasteiger partial charge >= 0.3 is 0 Å². The van der Waals surface area contributed by atoms with E-state index in [4.69, 9.17) is 97.5 Å². The smallest absolute Gasteiger partial charge is 0.0887 e. The van der Waals surface area contributed by atoms with Crippen molar-refractivity contribution in [1.29, 1.82) is 0 Å². The van der Waals surface area contributed by atoms with Gasteiger partial charge in [-0.25, -0.2) is 0 Å². The van der Waals surface area contributed by atoms with E-state index in [2.05, 4.69) is 75.1 Å². The Labute approximate surface area is 453 Å². The van der Waals surface area contributed by atoms with Gasteiger partial charge in [0, 0.05) is 113 Å². The number of nitrogens with zero attached hydrogens (tertiary/aromatic N) is 21. The summed E-state index contributed by atoms with van der Waals surface area (Å²) in [5.41, 5.74) is 53.0. The fraction of sp³-hybridized carbons (Fsp3) is 0.667. The van der Waals surface area contributed by atoms with Crippen molar-refractivity contribution in [3.05, 3.63) is 151 Å². The lowest BCUT2D eigenvalue weighted by molar-refractivity contribution is 0.115. The van der Waals surface area contributed by atoms with Gasteiger partial charge in [0.1, 0.15) is 0 Å². The molecule has 3 N–H and O–H groups in total. The van der Waals surface area contributed by atoms with Gasteiger partial charge in [0.2, 0.25) is 0 Å². The first-order valence-corrected chi connectivity index (χ1v) is 25.6. The van der Waals surface area contributed by atoms with Crippen LogP contribution in [0.4, 0.5) is 0 Å². The van der Waals surface area contributed by atoms with Crippen LogP contribution in [0.5, 0.6) is 0 Å². The van der Waals surface area contributed by atoms with E-state index in [1.807, 2.05) is 48.5 Å². The molecule has 0 aliphatic heterocycles. The van der Waals surface area contributed by atoms with Crippen molar-refractivity contribution in [2.75, 3.05) is 78.2 Å². The summed E-state index contributed by atoms with van der Waals surface area (Å²) >= 11 is 16.6. The van der Waals surface area contributed by atoms with E-state index in [9.17, 15) is 0 Å². The highest BCUT2D eigenvalue weighted by Gasteiger charge is 2.00. The Kier molecular flexibility index (Phi) is 62.5. The maximum absolute atomic E-state index is 8.23. The second-order valence-corrected chi connectivity index (χ2v) is 15.5. The van der Waals surface area contributed by atoms with E-state index in [0.29, 0.717) is 90.0 Å². The predicted molar refractivity (Wildman–Crippen MR) is 291 cm³/mol. The number of unbranched alkanes of at least 4 members (excludes halogenated alkanes) is 6. The zero-order chi connectivity index (χ0) is 55.8. The number of azide groups is 6. The van der Waals surface area contributed by atoms with Gasteiger partial charge in [-0.3, -0.25) is 15.0 Å². The van der Waals surface area contributed by atoms with Crippen molar-refractivity contribution in [3.63, 3.8) is 0 Å². The van der Waals surface area contributed by atoms with Crippen LogP contribution < -0.4 is 0 Å². The summed E-state index contributed by atoms with van der Waals surface area (Å²) in [4.78, 5) is 28.8. The first-order valence-electron chi connectivity index (χ1n) is 24.0. The Hall–Kier alpha value is -6.06. The molecular formula is C45H72Cl3N21O6. The summed E-state index contributed by atoms with van der Waals surface area (Å²) in [6.07, 6.45) is 9.88. The maximum Gasteiger partial charge on any atom is 0.0887 e. The lowest BCUT2D eigenvalue weighted by atomic mass is 10.3. The fourth-order valence-electron chi connectivity index (χ4n) is 4.88. The monoisotopic (exact) mass is 1110 g/mol. The average Bonchev–Trinajstić information content (AvgIpc) is 3.44. The molecule has 0 aliphatic carbocycles. The highest BCUT2D eigenvalue weighted by Crippen LogP contribution is 2.07. The lowest BCUT2D eigenvalue weighted by Gasteiger charge is -2.04. The van der Waals surface area contributed by atoms with Crippen LogP contribution in [-0.4, -0.2) is 109 Å². The maximum atomic E-state index is 8.23. The molecule has 3 rings (SSSR count). The highest BCUT2D eigenvalue weighted by molar-refractivity contribution is 6.17. The molecule has 0 fully saturated rings. The Morgan fingerprint density at radius 2 is 0.653 bits per heavy atom. The number of aliphatic hydroxyl groups excluding tert-OH is 3. The van der Waals surface area contributed by atoms with E-state index in [1.165, 1.54) is 0 Å². The standard InChI is InChI=1S/2C11H15ClN4O.C11H15N7O.C4H9ClO.2C4H9N3O/c2*12-8-10-4-3-5-11(15-10)9-17-7-2-1-6-14-16-13;12-17-14-6-1-2-7-19-9-11-5-3-4-10(16-11)8-15-18-13;5-3-1-2-4-6;2*5-7-6-3-1-2-4-8/h2*3-5H,1-2,6-9H2;3-5H,1-2,6-9H2;6H,1-4H2;2*8H,1-4H2. The number of halogens is 3. The van der Waals surface area contributed by atoms with E-state index in [0.717, 1.165) is 111 Å². The highest BCUT2D eigenvalue weighted by atomic mass is 35.5. The molecule has 0 radical (unpaired) electrons. The van der Waals surface area contributed by atoms with Crippen LogP contribution in [0.15, 0.2) is 85.3 Å². The minimum atomic E-state index is 0.181. The topological polar surface area (TPSA) is 420 Å². The molecule has 0 amide bonds. The summed E-state index contributed by atoms with van der Waals surface area (Å²) in [6.45, 7) is 6.73. The Morgan fingerprint density at radius 3 is 0.933 bits per heavy atom. The SMILES string of the molecule is OCCCCCl.[N-]=[N+]=NCCCCO.[N-]=[N+]=NCCCCO.[N-]=[N+]=NCCCCOCc1cccc(CCl)n1.[N-]=[N+]=NCCCCOCc1cccc(CCl)n1.[N-]=[N+]=NCCCCOCc1cccc(CN=[N+]=[N-])n1. The van der Waals surface area contributed by atoms with Gasteiger partial charge in [-0.1, -0.05) is 48.9 Å². The summed E-state index contributed by atoms with van der Waals surface area (Å²) in [7, 11) is 0. The quantitative estimate of drug-likeness (QED) is 0.0163. The van der Waals surface area contributed by atoms with Crippen LogP contribution in [0.2, 0.25) is 0 Å². The Balaban J connectivity index is -0.000000869. The molecule has 0 unspecified atom stereocenters. The molecule has 0 aromatic carbocycles. The average molecular weight is 1110 g/mol. The van der Waals surface area contributed by atoms with E-state index in [-0.39, 0.29) is 26.4 Å². The molecule has 414 valence electrons. The minimum Gasteiger partial charge on any atom is -0.396 e. The number of hydrogen-bond acceptors (Lipinski definition) is 15. The largest absolute Gasteiger partial charge is 0.396 e. The van der Waals surface area contributed by atoms with Crippen molar-refractivity contribution >= 4 is 34.8 Å². The van der Waals surface area contributed by atoms with Crippen LogP contribution in [0.3, 0.4) is 0 Å². The molecule has 30 heteroatoms. The molecule has 3 aromatic rings. The van der Waals surface area contributed by atoms with Gasteiger partial charge in [-0.05, 0) is 147 Å². The number of rotatable bonds is 36. The van der Waals surface area contributed by atoms with E-state index < -0.39 is 0 Å². The lowest BCUT2D eigenvalue weighted by Crippen LogP contribution is -2.00. The van der Waals surface area contributed by atoms with Gasteiger partial charge in [0.25, 0.3) is 0 Å². The van der Waals surface area contributed by atoms with Crippen LogP contribution in [0, 0.1) is 0 Å². The molecule has 0 saturated heterocycles. The summed E-state index contributed by atoms with van der Waals surface area (Å²) < 4.78 is 16.4. The molecule has 3 aromatic heterocycles. The van der Waals surface area contributed by atoms with Crippen molar-refractivity contribution in [2.24, 2.45) is 30.7 Å². The normalized spacial score (nSPS) is 9.36. The number of aliphatic hydroxyl groups is 3. The summed E-state index contributed by atoms with van der Waals surface area (Å²) in [6, 6.07) is 17.0. The molecule has 0 saturated carbocycles. The van der Waals surface area contributed by atoms with Crippen LogP contribution in [0.1, 0.15) is 111 Å². The minimum absolute atomic E-state index is 0.181. The van der Waals surface area contributed by atoms with Crippen molar-refractivity contribution in [3.8, 4) is 0 Å². The summed E-state index contributed by atoms with van der Waals surface area (Å²) in [5.74, 6) is 1.50. The zero-order valence-electron chi connectivity index (χ0n) is 42.5. The molecular weight excluding hydrogens is 1040 g/mol. The fourth-order valence-corrected chi connectivity index (χ4v) is 5.37. The molecule has 0 atom stereocenters. The zero-order valence-corrected chi connectivity index (χ0v) is 44.8. The van der Waals surface area contributed by atoms with Gasteiger partial charge in [-0.15, -0.1) is 34.8 Å². The third kappa shape index (κ3) is 57.1. The number of aromatic nitrogens is 3. The number of alkyl halides is 3. The first-order chi connectivity index (χ1) is 36.8. The summed E-state index contributed by atoms with van der Waals surface area (Å²) in [5, 5.41) is 45.0. The Bertz CT molecular complexity index is 2000. The third-order valence-electron chi connectivity index (χ3n) is 8.49. The van der Waals surface area contributed by atoms with Crippen LogP contribution >= 0.6 is 34.8 Å². The molecule has 0 bridgehead atoms. The van der Waals surface area contributed by atoms with Crippen LogP contribution in [0.25, 0.3) is 62.7 Å². The van der Waals surface area contributed by atoms with Gasteiger partial charge in [-0.2, -0.15) is 0 Å². The number of hydrogen-bond donors (Lipinski definition) is 3. The van der Waals surface area contributed by atoms with Gasteiger partial charge < -0.3 is 29.5 Å². The van der Waals surface area contributed by atoms with Crippen molar-refractivity contribution in [1.82, 2.24) is 15.0 Å². The molecule has 75 heavy (non-hydrogen) atoms. The van der Waals surface area contributed by atoms with Crippen molar-refractivity contribution in [2.45, 2.75) is 115 Å². The molecule has 27 nitrogen and oxygen atoms in total. The van der Waals surface area contributed by atoms with Gasteiger partial charge in [0.05, 0.1) is 66.6 Å². The number of ether oxygens (including phenoxy) is 3. The molecule has 0 aliphatic rings. The van der Waals surface area contributed by atoms with Crippen LogP contribution in [-0.2, 0) is 52.3 Å². The van der Waals surface area contributed by atoms with Gasteiger partial charge in [0.15, 0.2) is 0 Å². The first kappa shape index (κ1) is 73.2. The Morgan fingerprint density at radius 1 is 0.373 bits per heavy atom. The third-order valence-corrected chi connectivity index (χ3v) is 9.31. The van der Waals surface area contributed by atoms with E-state index in [1.54, 1.807) is 6.07 Å². The second-order valence-electron chi connectivity index (χ2n) is 14.5. The van der Waals surface area contributed by atoms with Crippen molar-refractivity contribution < 1.29 is 29.5 Å². The second kappa shape index (κ2) is 64.1.